The summed E-state index contributed by atoms with van der Waals surface area (Å²) in [7, 11) is 0. The summed E-state index contributed by atoms with van der Waals surface area (Å²) in [6, 6.07) is 20.0. The first-order chi connectivity index (χ1) is 21.1. The maximum absolute atomic E-state index is 15.9. The van der Waals surface area contributed by atoms with E-state index in [9.17, 15) is 19.0 Å². The van der Waals surface area contributed by atoms with Gasteiger partial charge in [0.1, 0.15) is 23.7 Å². The van der Waals surface area contributed by atoms with E-state index >= 15 is 8.78 Å². The van der Waals surface area contributed by atoms with E-state index in [2.05, 4.69) is 32.4 Å². The normalized spacial score (nSPS) is 13.3. The van der Waals surface area contributed by atoms with E-state index in [0.717, 1.165) is 41.0 Å². The quantitative estimate of drug-likeness (QED) is 0.198. The minimum Gasteiger partial charge on any atom is -0.388 e. The van der Waals surface area contributed by atoms with Crippen LogP contribution in [0.1, 0.15) is 45.2 Å². The van der Waals surface area contributed by atoms with E-state index in [4.69, 9.17) is 5.26 Å². The second-order valence-corrected chi connectivity index (χ2v) is 9.90. The molecule has 44 heavy (non-hydrogen) atoms. The van der Waals surface area contributed by atoms with Crippen molar-refractivity contribution >= 4 is 0 Å². The maximum atomic E-state index is 15.9. The third kappa shape index (κ3) is 6.32. The van der Waals surface area contributed by atoms with Gasteiger partial charge < -0.3 is 10.2 Å². The topological polar surface area (TPSA) is 121 Å². The first-order valence-electron chi connectivity index (χ1n) is 13.1. The molecule has 5 aromatic rings. The van der Waals surface area contributed by atoms with Crippen molar-refractivity contribution < 1.29 is 27.8 Å². The molecule has 220 valence electrons. The molecule has 8 nitrogen and oxygen atoms in total. The van der Waals surface area contributed by atoms with Gasteiger partial charge in [-0.25, -0.2) is 13.5 Å². The number of aliphatic hydroxyl groups excluding tert-OH is 1. The van der Waals surface area contributed by atoms with Crippen LogP contribution in [0.15, 0.2) is 91.4 Å². The second kappa shape index (κ2) is 12.4. The Morgan fingerprint density at radius 1 is 0.886 bits per heavy atom. The van der Waals surface area contributed by atoms with E-state index < -0.39 is 47.1 Å². The number of aliphatic hydroxyl groups is 2. The molecule has 3 aromatic carbocycles. The van der Waals surface area contributed by atoms with Gasteiger partial charge in [-0.05, 0) is 70.1 Å². The molecule has 0 amide bonds. The molecule has 0 fully saturated rings. The first kappa shape index (κ1) is 30.0. The molecule has 0 radical (unpaired) electrons. The van der Waals surface area contributed by atoms with Gasteiger partial charge in [-0.2, -0.15) is 14.0 Å². The molecule has 0 aliphatic rings. The molecule has 0 saturated carbocycles. The summed E-state index contributed by atoms with van der Waals surface area (Å²) in [5.74, 6) is -0.850. The van der Waals surface area contributed by atoms with Crippen molar-refractivity contribution in [3.05, 3.63) is 142 Å². The highest BCUT2D eigenvalue weighted by Crippen LogP contribution is 2.46. The summed E-state index contributed by atoms with van der Waals surface area (Å²) in [4.78, 5) is 3.80. The summed E-state index contributed by atoms with van der Waals surface area (Å²) in [5.41, 5.74) is -2.04. The summed E-state index contributed by atoms with van der Waals surface area (Å²) in [6.07, 6.45) is 1.64. The number of alkyl halides is 2. The number of aromatic nitrogens is 5. The maximum Gasteiger partial charge on any atom is 0.323 e. The van der Waals surface area contributed by atoms with Crippen LogP contribution in [0.4, 0.5) is 17.6 Å². The van der Waals surface area contributed by atoms with Crippen molar-refractivity contribution in [1.29, 1.82) is 5.26 Å². The minimum absolute atomic E-state index is 0.284. The zero-order valence-electron chi connectivity index (χ0n) is 22.7. The van der Waals surface area contributed by atoms with Crippen molar-refractivity contribution in [3.8, 4) is 17.9 Å². The van der Waals surface area contributed by atoms with Crippen LogP contribution in [0.2, 0.25) is 0 Å². The zero-order valence-corrected chi connectivity index (χ0v) is 22.7. The van der Waals surface area contributed by atoms with E-state index in [-0.39, 0.29) is 5.56 Å². The molecule has 0 saturated heterocycles. The average Bonchev–Trinajstić information content (AvgIpc) is 3.53. The van der Waals surface area contributed by atoms with E-state index in [1.54, 1.807) is 48.5 Å². The predicted octanol–water partition coefficient (Wildman–Crippen LogP) is 4.57. The summed E-state index contributed by atoms with van der Waals surface area (Å²) >= 11 is 0. The molecule has 5 rings (SSSR count). The highest BCUT2D eigenvalue weighted by Gasteiger charge is 2.58. The highest BCUT2D eigenvalue weighted by molar-refractivity contribution is 5.44. The summed E-state index contributed by atoms with van der Waals surface area (Å²) < 4.78 is 60.8. The summed E-state index contributed by atoms with van der Waals surface area (Å²) in [6.45, 7) is -0.961. The van der Waals surface area contributed by atoms with Crippen LogP contribution < -0.4 is 0 Å². The zero-order chi connectivity index (χ0) is 31.3. The second-order valence-electron chi connectivity index (χ2n) is 9.90. The van der Waals surface area contributed by atoms with Crippen LogP contribution >= 0.6 is 0 Å². The molecular weight excluding hydrogens is 576 g/mol. The van der Waals surface area contributed by atoms with Gasteiger partial charge in [0.25, 0.3) is 0 Å². The number of nitriles is 1. The van der Waals surface area contributed by atoms with Gasteiger partial charge in [0, 0.05) is 35.4 Å². The molecule has 2 N–H and O–H groups in total. The van der Waals surface area contributed by atoms with Crippen LogP contribution in [-0.2, 0) is 24.5 Å². The smallest absolute Gasteiger partial charge is 0.323 e. The lowest BCUT2D eigenvalue weighted by molar-refractivity contribution is -0.207. The van der Waals surface area contributed by atoms with Gasteiger partial charge in [-0.15, -0.1) is 5.10 Å². The fourth-order valence-electron chi connectivity index (χ4n) is 4.52. The van der Waals surface area contributed by atoms with E-state index in [1.807, 2.05) is 6.07 Å². The molecule has 12 heteroatoms. The molecule has 2 aromatic heterocycles. The number of rotatable bonds is 8. The number of halogens is 4. The molecular formula is C32H22F4N6O2. The highest BCUT2D eigenvalue weighted by atomic mass is 19.3. The Kier molecular flexibility index (Phi) is 8.49. The first-order valence-corrected chi connectivity index (χ1v) is 13.1. The largest absolute Gasteiger partial charge is 0.388 e. The molecule has 2 unspecified atom stereocenters. The van der Waals surface area contributed by atoms with Gasteiger partial charge >= 0.3 is 5.92 Å². The molecule has 0 aliphatic heterocycles. The average molecular weight is 599 g/mol. The Morgan fingerprint density at radius 2 is 1.57 bits per heavy atom. The van der Waals surface area contributed by atoms with Gasteiger partial charge in [0.15, 0.2) is 5.60 Å². The lowest BCUT2D eigenvalue weighted by atomic mass is 9.84. The van der Waals surface area contributed by atoms with Crippen LogP contribution in [0.5, 0.6) is 0 Å². The number of tetrazole rings is 1. The van der Waals surface area contributed by atoms with Gasteiger partial charge in [0.05, 0.1) is 24.3 Å². The van der Waals surface area contributed by atoms with Crippen molar-refractivity contribution in [2.24, 2.45) is 0 Å². The number of hydrogen-bond donors (Lipinski definition) is 2. The Bertz CT molecular complexity index is 1850. The van der Waals surface area contributed by atoms with E-state index in [1.165, 1.54) is 6.07 Å². The molecule has 0 aliphatic carbocycles. The van der Waals surface area contributed by atoms with E-state index in [0.29, 0.717) is 29.2 Å². The number of pyridine rings is 1. The van der Waals surface area contributed by atoms with Gasteiger partial charge in [-0.1, -0.05) is 36.1 Å². The van der Waals surface area contributed by atoms with Crippen LogP contribution in [0.3, 0.4) is 0 Å². The molecule has 2 atom stereocenters. The SMILES string of the molecule is N#Cc1ccc(CC(O)c2ccc(C#Cc3ccc(C(F)(F)C(O)(Cn4cnnn4)c4ccc(F)cc4F)nc3)cc2)cc1. The third-order valence-corrected chi connectivity index (χ3v) is 6.92. The monoisotopic (exact) mass is 598 g/mol. The Labute approximate surface area is 248 Å². The van der Waals surface area contributed by atoms with Crippen molar-refractivity contribution in [3.63, 3.8) is 0 Å². The minimum atomic E-state index is -4.18. The summed E-state index contributed by atoms with van der Waals surface area (Å²) in [5, 5.41) is 41.0. The molecule has 0 bridgehead atoms. The van der Waals surface area contributed by atoms with Crippen molar-refractivity contribution in [1.82, 2.24) is 25.2 Å². The lowest BCUT2D eigenvalue weighted by Gasteiger charge is -2.35. The standard InChI is InChI=1S/C32H22F4N6O2/c33-26-12-13-27(28(34)16-26)31(44,19-42-20-39-40-41-42)32(35,36)30-14-9-24(18-38-30)6-1-21-7-10-25(11-8-21)29(43)15-22-2-4-23(17-37)5-3-22/h2-5,7-14,16,18,20,29,43-44H,15,19H2. The molecule has 2 heterocycles. The number of benzene rings is 3. The fraction of sp³-hybridized carbons (Fsp3) is 0.156. The van der Waals surface area contributed by atoms with Gasteiger partial charge in [0.2, 0.25) is 0 Å². The Morgan fingerprint density at radius 3 is 2.18 bits per heavy atom. The Balaban J connectivity index is 1.33. The third-order valence-electron chi connectivity index (χ3n) is 6.92. The predicted molar refractivity (Wildman–Crippen MR) is 148 cm³/mol. The Hall–Kier alpha value is -5.43. The van der Waals surface area contributed by atoms with Gasteiger partial charge in [-0.3, -0.25) is 4.98 Å². The van der Waals surface area contributed by atoms with Crippen LogP contribution in [0.25, 0.3) is 0 Å². The number of hydrogen-bond acceptors (Lipinski definition) is 7. The molecule has 0 spiro atoms. The van der Waals surface area contributed by atoms with Crippen LogP contribution in [-0.4, -0.2) is 35.4 Å². The lowest BCUT2D eigenvalue weighted by Crippen LogP contribution is -2.48. The number of nitrogens with zero attached hydrogens (tertiary/aromatic N) is 6. The van der Waals surface area contributed by atoms with Crippen LogP contribution in [0, 0.1) is 34.8 Å². The van der Waals surface area contributed by atoms with Crippen molar-refractivity contribution in [2.75, 3.05) is 0 Å². The fourth-order valence-corrected chi connectivity index (χ4v) is 4.52. The van der Waals surface area contributed by atoms with Crippen molar-refractivity contribution in [2.45, 2.75) is 30.6 Å².